The number of nitrogens with two attached hydrogens (primary N) is 1. The van der Waals surface area contributed by atoms with Crippen LogP contribution in [0.4, 0.5) is 11.4 Å². The Morgan fingerprint density at radius 3 is 2.46 bits per heavy atom. The molecule has 2 N–H and O–H groups in total. The third kappa shape index (κ3) is 1.92. The van der Waals surface area contributed by atoms with Crippen molar-refractivity contribution in [1.29, 1.82) is 0 Å². The van der Waals surface area contributed by atoms with Crippen LogP contribution < -0.4 is 10.6 Å². The predicted octanol–water partition coefficient (Wildman–Crippen LogP) is 1.11. The minimum atomic E-state index is -3.05. The third-order valence-electron chi connectivity index (χ3n) is 1.57. The first-order valence-corrected chi connectivity index (χ1v) is 3.69. The lowest BCUT2D eigenvalue weighted by molar-refractivity contribution is 0.122. The SMILES string of the molecule is [2H]C1([2H])OC([2H])([2H])C([2H])([2H])N(c2ccc(N)cc2)C1([2H])[2H]. The van der Waals surface area contributed by atoms with Crippen LogP contribution in [0.2, 0.25) is 0 Å². The minimum absolute atomic E-state index is 0.0461. The molecule has 1 saturated heterocycles. The number of hydrogen-bond donors (Lipinski definition) is 1. The van der Waals surface area contributed by atoms with E-state index in [1.54, 1.807) is 0 Å². The maximum absolute atomic E-state index is 7.86. The Bertz CT molecular complexity index is 518. The summed E-state index contributed by atoms with van der Waals surface area (Å²) in [5, 5.41) is 0. The summed E-state index contributed by atoms with van der Waals surface area (Å²) in [5.41, 5.74) is 5.83. The molecule has 1 aromatic carbocycles. The quantitative estimate of drug-likeness (QED) is 0.668. The average Bonchev–Trinajstić information content (AvgIpc) is 2.28. The van der Waals surface area contributed by atoms with Gasteiger partial charge in [-0.3, -0.25) is 0 Å². The van der Waals surface area contributed by atoms with Gasteiger partial charge in [0, 0.05) is 24.4 Å². The van der Waals surface area contributed by atoms with Crippen molar-refractivity contribution >= 4 is 11.4 Å². The molecular weight excluding hydrogens is 164 g/mol. The van der Waals surface area contributed by atoms with Crippen molar-refractivity contribution in [3.8, 4) is 0 Å². The smallest absolute Gasteiger partial charge is 0.0642 e. The molecule has 0 saturated carbocycles. The molecule has 1 aliphatic heterocycles. The highest BCUT2D eigenvalue weighted by Gasteiger charge is 2.09. The number of anilines is 2. The first-order valence-electron chi connectivity index (χ1n) is 7.69. The van der Waals surface area contributed by atoms with Crippen molar-refractivity contribution in [2.24, 2.45) is 0 Å². The van der Waals surface area contributed by atoms with Crippen molar-refractivity contribution < 1.29 is 15.7 Å². The lowest BCUT2D eigenvalue weighted by Crippen LogP contribution is -2.36. The van der Waals surface area contributed by atoms with E-state index in [2.05, 4.69) is 4.74 Å². The molecule has 1 aromatic rings. The second-order valence-corrected chi connectivity index (χ2v) is 2.46. The van der Waals surface area contributed by atoms with Gasteiger partial charge in [-0.2, -0.15) is 0 Å². The number of nitrogens with zero attached hydrogens (tertiary/aromatic N) is 1. The van der Waals surface area contributed by atoms with Crippen LogP contribution in [0.1, 0.15) is 11.0 Å². The number of rotatable bonds is 1. The summed E-state index contributed by atoms with van der Waals surface area (Å²) in [6, 6.07) is 5.37. The van der Waals surface area contributed by atoms with Gasteiger partial charge in [0.05, 0.1) is 24.1 Å². The van der Waals surface area contributed by atoms with Gasteiger partial charge in [0.15, 0.2) is 0 Å². The molecule has 2 rings (SSSR count). The Kier molecular flexibility index (Phi) is 0.893. The van der Waals surface area contributed by atoms with Gasteiger partial charge in [0.2, 0.25) is 0 Å². The largest absolute Gasteiger partial charge is 0.399 e. The highest BCUT2D eigenvalue weighted by atomic mass is 16.5. The summed E-state index contributed by atoms with van der Waals surface area (Å²) in [5.74, 6) is 0. The zero-order valence-corrected chi connectivity index (χ0v) is 6.74. The van der Waals surface area contributed by atoms with E-state index in [1.165, 1.54) is 24.3 Å². The molecule has 1 fully saturated rings. The molecule has 0 unspecified atom stereocenters. The Morgan fingerprint density at radius 1 is 1.23 bits per heavy atom. The van der Waals surface area contributed by atoms with E-state index in [0.29, 0.717) is 10.6 Å². The van der Waals surface area contributed by atoms with Crippen molar-refractivity contribution in [3.63, 3.8) is 0 Å². The molecule has 0 atom stereocenters. The van der Waals surface area contributed by atoms with E-state index in [0.717, 1.165) is 0 Å². The summed E-state index contributed by atoms with van der Waals surface area (Å²) < 4.78 is 66.2. The Balaban J connectivity index is 2.64. The first-order chi connectivity index (χ1) is 9.33. The molecule has 0 bridgehead atoms. The van der Waals surface area contributed by atoms with Crippen molar-refractivity contribution in [2.45, 2.75) is 0 Å². The molecule has 3 heteroatoms. The zero-order chi connectivity index (χ0) is 16.3. The molecular formula is C10H14N2O. The maximum atomic E-state index is 7.86. The fourth-order valence-electron chi connectivity index (χ4n) is 0.943. The van der Waals surface area contributed by atoms with Crippen LogP contribution in [0.3, 0.4) is 0 Å². The molecule has 0 aliphatic carbocycles. The summed E-state index contributed by atoms with van der Waals surface area (Å²) in [7, 11) is 0. The van der Waals surface area contributed by atoms with Crippen LogP contribution in [-0.2, 0) is 4.74 Å². The van der Waals surface area contributed by atoms with Crippen molar-refractivity contribution in [2.75, 3.05) is 36.7 Å². The summed E-state index contributed by atoms with van der Waals surface area (Å²) in [6.45, 7) is -12.0. The van der Waals surface area contributed by atoms with E-state index in [9.17, 15) is 0 Å². The van der Waals surface area contributed by atoms with Crippen LogP contribution in [0.15, 0.2) is 24.3 Å². The highest BCUT2D eigenvalue weighted by molar-refractivity contribution is 5.53. The first kappa shape index (κ1) is 3.17. The van der Waals surface area contributed by atoms with Gasteiger partial charge >= 0.3 is 0 Å². The minimum Gasteiger partial charge on any atom is -0.399 e. The van der Waals surface area contributed by atoms with Gasteiger partial charge < -0.3 is 15.4 Å². The number of benzene rings is 1. The van der Waals surface area contributed by atoms with Crippen LogP contribution >= 0.6 is 0 Å². The zero-order valence-electron chi connectivity index (χ0n) is 14.7. The van der Waals surface area contributed by atoms with Gasteiger partial charge in [0.25, 0.3) is 0 Å². The molecule has 3 nitrogen and oxygen atoms in total. The molecule has 1 aliphatic rings. The van der Waals surface area contributed by atoms with Gasteiger partial charge in [-0.25, -0.2) is 0 Å². The number of nitrogen functional groups attached to an aromatic ring is 1. The highest BCUT2D eigenvalue weighted by Crippen LogP contribution is 2.16. The van der Waals surface area contributed by atoms with Crippen LogP contribution in [0.5, 0.6) is 0 Å². The van der Waals surface area contributed by atoms with Crippen LogP contribution in [0, 0.1) is 0 Å². The molecule has 1 heterocycles. The maximum Gasteiger partial charge on any atom is 0.0642 e. The third-order valence-corrected chi connectivity index (χ3v) is 1.57. The number of ether oxygens (including phenoxy) is 1. The Morgan fingerprint density at radius 2 is 1.85 bits per heavy atom. The van der Waals surface area contributed by atoms with Gasteiger partial charge in [-0.15, -0.1) is 0 Å². The molecule has 70 valence electrons. The van der Waals surface area contributed by atoms with E-state index in [4.69, 9.17) is 16.7 Å². The average molecular weight is 186 g/mol. The van der Waals surface area contributed by atoms with Crippen molar-refractivity contribution in [1.82, 2.24) is 0 Å². The fraction of sp³-hybridized carbons (Fsp3) is 0.400. The van der Waals surface area contributed by atoms with E-state index in [1.807, 2.05) is 0 Å². The Labute approximate surface area is 89.3 Å². The van der Waals surface area contributed by atoms with E-state index >= 15 is 0 Å². The second-order valence-electron chi connectivity index (χ2n) is 2.46. The lowest BCUT2D eigenvalue weighted by Gasteiger charge is -2.28. The number of morpholine rings is 1. The Hall–Kier alpha value is -1.22. The fourth-order valence-corrected chi connectivity index (χ4v) is 0.943. The van der Waals surface area contributed by atoms with Crippen molar-refractivity contribution in [3.05, 3.63) is 24.3 Å². The van der Waals surface area contributed by atoms with Crippen LogP contribution in [-0.4, -0.2) is 26.1 Å². The topological polar surface area (TPSA) is 38.5 Å². The molecule has 0 amide bonds. The van der Waals surface area contributed by atoms with Gasteiger partial charge in [-0.1, -0.05) is 0 Å². The van der Waals surface area contributed by atoms with Gasteiger partial charge in [-0.05, 0) is 24.3 Å². The number of hydrogen-bond acceptors (Lipinski definition) is 3. The standard InChI is InChI=1S/C10H14N2O/c11-9-1-3-10(4-2-9)12-5-7-13-8-6-12/h1-4H,5-8,11H2/i5D2,6D2,7D2,8D2. The second kappa shape index (κ2) is 3.66. The normalized spacial score (nSPS) is 42.0. The lowest BCUT2D eigenvalue weighted by atomic mass is 10.2. The monoisotopic (exact) mass is 186 g/mol. The van der Waals surface area contributed by atoms with Gasteiger partial charge in [0.1, 0.15) is 0 Å². The summed E-state index contributed by atoms with van der Waals surface area (Å²) >= 11 is 0. The summed E-state index contributed by atoms with van der Waals surface area (Å²) in [6.07, 6.45) is 0. The van der Waals surface area contributed by atoms with E-state index in [-0.39, 0.29) is 5.69 Å². The molecule has 0 aromatic heterocycles. The molecule has 0 spiro atoms. The molecule has 0 radical (unpaired) electrons. The predicted molar refractivity (Wildman–Crippen MR) is 53.9 cm³/mol. The van der Waals surface area contributed by atoms with E-state index < -0.39 is 26.1 Å². The molecule has 13 heavy (non-hydrogen) atoms. The summed E-state index contributed by atoms with van der Waals surface area (Å²) in [4.78, 5) is 0.406. The van der Waals surface area contributed by atoms with Crippen LogP contribution in [0.25, 0.3) is 0 Å².